The molecule has 0 fully saturated rings. The number of benzene rings is 1. The number of aldehydes is 1. The van der Waals surface area contributed by atoms with E-state index in [0.29, 0.717) is 21.9 Å². The lowest BCUT2D eigenvalue weighted by atomic mass is 10.1. The van der Waals surface area contributed by atoms with Crippen LogP contribution in [0.5, 0.6) is 0 Å². The van der Waals surface area contributed by atoms with Crippen molar-refractivity contribution in [1.82, 2.24) is 0 Å². The highest BCUT2D eigenvalue weighted by Crippen LogP contribution is 2.23. The molecule has 3 nitrogen and oxygen atoms in total. The SMILES string of the molecule is COC(=O)c1cc(C)cc(C=O)c1Br. The molecule has 1 rings (SSSR count). The molecule has 0 saturated carbocycles. The molecular formula is C10H9BrO3. The highest BCUT2D eigenvalue weighted by atomic mass is 79.9. The average molecular weight is 257 g/mol. The second-order valence-corrected chi connectivity index (χ2v) is 3.62. The number of carbonyl (C=O) groups is 2. The molecule has 0 aliphatic rings. The summed E-state index contributed by atoms with van der Waals surface area (Å²) in [6, 6.07) is 3.37. The third kappa shape index (κ3) is 2.01. The molecule has 1 aromatic rings. The predicted molar refractivity (Wildman–Crippen MR) is 55.6 cm³/mol. The number of rotatable bonds is 2. The summed E-state index contributed by atoms with van der Waals surface area (Å²) < 4.78 is 5.06. The Morgan fingerprint density at radius 3 is 2.64 bits per heavy atom. The van der Waals surface area contributed by atoms with E-state index in [-0.39, 0.29) is 0 Å². The molecule has 0 heterocycles. The van der Waals surface area contributed by atoms with E-state index >= 15 is 0 Å². The molecule has 0 amide bonds. The molecule has 0 saturated heterocycles. The van der Waals surface area contributed by atoms with E-state index in [1.54, 1.807) is 12.1 Å². The van der Waals surface area contributed by atoms with Crippen molar-refractivity contribution in [3.05, 3.63) is 33.3 Å². The van der Waals surface area contributed by atoms with Crippen molar-refractivity contribution in [2.24, 2.45) is 0 Å². The van der Waals surface area contributed by atoms with Crippen LogP contribution in [0.1, 0.15) is 26.3 Å². The maximum absolute atomic E-state index is 11.3. The Bertz CT molecular complexity index is 385. The molecule has 0 atom stereocenters. The summed E-state index contributed by atoms with van der Waals surface area (Å²) in [5, 5.41) is 0. The van der Waals surface area contributed by atoms with Crippen LogP contribution in [0.15, 0.2) is 16.6 Å². The van der Waals surface area contributed by atoms with Crippen molar-refractivity contribution in [3.8, 4) is 0 Å². The van der Waals surface area contributed by atoms with Crippen LogP contribution in [0.4, 0.5) is 0 Å². The Kier molecular flexibility index (Phi) is 3.41. The van der Waals surface area contributed by atoms with E-state index in [1.807, 2.05) is 6.92 Å². The number of methoxy groups -OCH3 is 1. The molecule has 14 heavy (non-hydrogen) atoms. The smallest absolute Gasteiger partial charge is 0.339 e. The van der Waals surface area contributed by atoms with Crippen LogP contribution in [0.3, 0.4) is 0 Å². The van der Waals surface area contributed by atoms with Crippen molar-refractivity contribution in [2.45, 2.75) is 6.92 Å². The van der Waals surface area contributed by atoms with Crippen molar-refractivity contribution >= 4 is 28.2 Å². The third-order valence-electron chi connectivity index (χ3n) is 1.78. The third-order valence-corrected chi connectivity index (χ3v) is 2.66. The second-order valence-electron chi connectivity index (χ2n) is 2.83. The molecule has 0 aromatic heterocycles. The van der Waals surface area contributed by atoms with Gasteiger partial charge in [-0.2, -0.15) is 0 Å². The van der Waals surface area contributed by atoms with E-state index < -0.39 is 5.97 Å². The van der Waals surface area contributed by atoms with Crippen LogP contribution in [0.2, 0.25) is 0 Å². The Morgan fingerprint density at radius 2 is 2.14 bits per heavy atom. The van der Waals surface area contributed by atoms with Gasteiger partial charge in [0.2, 0.25) is 0 Å². The quantitative estimate of drug-likeness (QED) is 0.603. The largest absolute Gasteiger partial charge is 0.465 e. The molecule has 1 aromatic carbocycles. The van der Waals surface area contributed by atoms with Crippen molar-refractivity contribution in [3.63, 3.8) is 0 Å². The van der Waals surface area contributed by atoms with Gasteiger partial charge in [-0.3, -0.25) is 4.79 Å². The van der Waals surface area contributed by atoms with Crippen LogP contribution in [0, 0.1) is 6.92 Å². The summed E-state index contributed by atoms with van der Waals surface area (Å²) in [6.45, 7) is 1.81. The molecule has 0 unspecified atom stereocenters. The predicted octanol–water partition coefficient (Wildman–Crippen LogP) is 2.36. The van der Waals surface area contributed by atoms with Gasteiger partial charge in [0.15, 0.2) is 6.29 Å². The van der Waals surface area contributed by atoms with Crippen molar-refractivity contribution in [2.75, 3.05) is 7.11 Å². The fourth-order valence-electron chi connectivity index (χ4n) is 1.14. The highest BCUT2D eigenvalue weighted by Gasteiger charge is 2.13. The lowest BCUT2D eigenvalue weighted by Gasteiger charge is -2.05. The van der Waals surface area contributed by atoms with E-state index in [0.717, 1.165) is 5.56 Å². The molecule has 74 valence electrons. The summed E-state index contributed by atoms with van der Waals surface area (Å²) in [5.41, 5.74) is 1.66. The number of carbonyl (C=O) groups excluding carboxylic acids is 2. The van der Waals surface area contributed by atoms with Gasteiger partial charge in [-0.15, -0.1) is 0 Å². The number of halogens is 1. The highest BCUT2D eigenvalue weighted by molar-refractivity contribution is 9.10. The van der Waals surface area contributed by atoms with E-state index in [9.17, 15) is 9.59 Å². The number of esters is 1. The van der Waals surface area contributed by atoms with Gasteiger partial charge < -0.3 is 4.74 Å². The molecular weight excluding hydrogens is 248 g/mol. The van der Waals surface area contributed by atoms with Crippen LogP contribution in [0.25, 0.3) is 0 Å². The molecule has 0 radical (unpaired) electrons. The number of ether oxygens (including phenoxy) is 1. The van der Waals surface area contributed by atoms with Gasteiger partial charge in [-0.25, -0.2) is 4.79 Å². The van der Waals surface area contributed by atoms with Crippen LogP contribution in [-0.2, 0) is 4.74 Å². The van der Waals surface area contributed by atoms with E-state index in [1.165, 1.54) is 7.11 Å². The minimum absolute atomic E-state index is 0.370. The fraction of sp³-hybridized carbons (Fsp3) is 0.200. The molecule has 0 bridgehead atoms. The lowest BCUT2D eigenvalue weighted by Crippen LogP contribution is -2.04. The zero-order valence-electron chi connectivity index (χ0n) is 7.83. The molecule has 0 aliphatic heterocycles. The Labute approximate surface area is 90.2 Å². The van der Waals surface area contributed by atoms with Gasteiger partial charge in [0.05, 0.1) is 12.7 Å². The van der Waals surface area contributed by atoms with Gasteiger partial charge in [0, 0.05) is 10.0 Å². The number of aryl methyl sites for hydroxylation is 1. The first-order chi connectivity index (χ1) is 6.60. The van der Waals surface area contributed by atoms with E-state index in [2.05, 4.69) is 20.7 Å². The van der Waals surface area contributed by atoms with E-state index in [4.69, 9.17) is 0 Å². The molecule has 0 N–H and O–H groups in total. The topological polar surface area (TPSA) is 43.4 Å². The summed E-state index contributed by atoms with van der Waals surface area (Å²) in [5.74, 6) is -0.455. The zero-order chi connectivity index (χ0) is 10.7. The second kappa shape index (κ2) is 4.37. The first-order valence-electron chi connectivity index (χ1n) is 3.93. The first-order valence-corrected chi connectivity index (χ1v) is 4.73. The van der Waals surface area contributed by atoms with Crippen LogP contribution < -0.4 is 0 Å². The van der Waals surface area contributed by atoms with Gasteiger partial charge in [-0.05, 0) is 40.5 Å². The fourth-order valence-corrected chi connectivity index (χ4v) is 1.63. The maximum atomic E-state index is 11.3. The van der Waals surface area contributed by atoms with Gasteiger partial charge in [0.1, 0.15) is 0 Å². The Balaban J connectivity index is 3.36. The number of hydrogen-bond acceptors (Lipinski definition) is 3. The van der Waals surface area contributed by atoms with Crippen molar-refractivity contribution < 1.29 is 14.3 Å². The summed E-state index contributed by atoms with van der Waals surface area (Å²) in [6.07, 6.45) is 0.698. The molecule has 0 spiro atoms. The first kappa shape index (κ1) is 10.9. The Morgan fingerprint density at radius 1 is 1.50 bits per heavy atom. The maximum Gasteiger partial charge on any atom is 0.339 e. The minimum atomic E-state index is -0.455. The Hall–Kier alpha value is -1.16. The van der Waals surface area contributed by atoms with Gasteiger partial charge in [0.25, 0.3) is 0 Å². The van der Waals surface area contributed by atoms with Gasteiger partial charge >= 0.3 is 5.97 Å². The monoisotopic (exact) mass is 256 g/mol. The molecule has 4 heteroatoms. The summed E-state index contributed by atoms with van der Waals surface area (Å²) in [4.78, 5) is 21.9. The standard InChI is InChI=1S/C10H9BrO3/c1-6-3-7(5-12)9(11)8(4-6)10(13)14-2/h3-5H,1-2H3. The number of hydrogen-bond donors (Lipinski definition) is 0. The average Bonchev–Trinajstić information content (AvgIpc) is 2.19. The molecule has 0 aliphatic carbocycles. The summed E-state index contributed by atoms with van der Waals surface area (Å²) >= 11 is 3.18. The van der Waals surface area contributed by atoms with Crippen molar-refractivity contribution in [1.29, 1.82) is 0 Å². The lowest BCUT2D eigenvalue weighted by molar-refractivity contribution is 0.0599. The summed E-state index contributed by atoms with van der Waals surface area (Å²) in [7, 11) is 1.30. The normalized spacial score (nSPS) is 9.64. The van der Waals surface area contributed by atoms with Gasteiger partial charge in [-0.1, -0.05) is 0 Å². The zero-order valence-corrected chi connectivity index (χ0v) is 9.42. The minimum Gasteiger partial charge on any atom is -0.465 e. The van der Waals surface area contributed by atoms with Crippen LogP contribution in [-0.4, -0.2) is 19.4 Å². The van der Waals surface area contributed by atoms with Crippen LogP contribution >= 0.6 is 15.9 Å².